The molecule has 0 bridgehead atoms. The lowest BCUT2D eigenvalue weighted by atomic mass is 9.85. The zero-order valence-corrected chi connectivity index (χ0v) is 16.5. The van der Waals surface area contributed by atoms with E-state index in [1.165, 1.54) is 24.8 Å². The Morgan fingerprint density at radius 2 is 1.69 bits per heavy atom. The minimum Gasteiger partial charge on any atom is -0.397 e. The van der Waals surface area contributed by atoms with E-state index in [0.717, 1.165) is 30.1 Å². The molecule has 0 radical (unpaired) electrons. The molecule has 3 aromatic carbocycles. The molecule has 4 nitrogen and oxygen atoms in total. The molecule has 29 heavy (non-hydrogen) atoms. The number of carbonyl (C=O) groups excluding carboxylic acids is 1. The second-order valence-corrected chi connectivity index (χ2v) is 7.75. The molecule has 0 aliphatic heterocycles. The topological polar surface area (TPSA) is 67.1 Å². The van der Waals surface area contributed by atoms with E-state index in [4.69, 9.17) is 5.73 Å². The Morgan fingerprint density at radius 3 is 2.38 bits per heavy atom. The summed E-state index contributed by atoms with van der Waals surface area (Å²) in [6.45, 7) is 1.92. The molecule has 1 saturated carbocycles. The zero-order valence-electron chi connectivity index (χ0n) is 16.5. The second kappa shape index (κ2) is 8.93. The van der Waals surface area contributed by atoms with E-state index in [2.05, 4.69) is 10.6 Å². The molecular weight excluding hydrogens is 358 g/mol. The summed E-state index contributed by atoms with van der Waals surface area (Å²) in [7, 11) is 0. The summed E-state index contributed by atoms with van der Waals surface area (Å²) >= 11 is 0. The molecule has 3 aromatic rings. The van der Waals surface area contributed by atoms with Gasteiger partial charge in [0.15, 0.2) is 0 Å². The highest BCUT2D eigenvalue weighted by Crippen LogP contribution is 2.28. The van der Waals surface area contributed by atoms with Crippen LogP contribution in [0.15, 0.2) is 72.8 Å². The smallest absolute Gasteiger partial charge is 0.255 e. The van der Waals surface area contributed by atoms with Crippen LogP contribution in [0.2, 0.25) is 0 Å². The van der Waals surface area contributed by atoms with Crippen molar-refractivity contribution < 1.29 is 4.79 Å². The first-order valence-corrected chi connectivity index (χ1v) is 10.2. The minimum atomic E-state index is -0.157. The Balaban J connectivity index is 1.39. The zero-order chi connectivity index (χ0) is 20.1. The summed E-state index contributed by atoms with van der Waals surface area (Å²) in [6, 6.07) is 23.5. The predicted molar refractivity (Wildman–Crippen MR) is 120 cm³/mol. The number of nitrogen functional groups attached to an aromatic ring is 1. The molecule has 148 valence electrons. The van der Waals surface area contributed by atoms with Crippen molar-refractivity contribution >= 4 is 17.3 Å². The largest absolute Gasteiger partial charge is 0.397 e. The van der Waals surface area contributed by atoms with Crippen molar-refractivity contribution in [1.29, 1.82) is 0 Å². The first kappa shape index (κ1) is 19.2. The maximum atomic E-state index is 12.7. The Labute approximate surface area is 172 Å². The fourth-order valence-electron chi connectivity index (χ4n) is 3.56. The molecule has 1 amide bonds. The third-order valence-electron chi connectivity index (χ3n) is 5.61. The molecule has 1 fully saturated rings. The van der Waals surface area contributed by atoms with E-state index >= 15 is 0 Å². The Hall–Kier alpha value is -3.11. The quantitative estimate of drug-likeness (QED) is 0.497. The van der Waals surface area contributed by atoms with Crippen molar-refractivity contribution in [2.75, 3.05) is 17.6 Å². The molecule has 0 heterocycles. The summed E-state index contributed by atoms with van der Waals surface area (Å²) in [6.07, 6.45) is 4.07. The maximum absolute atomic E-state index is 12.7. The van der Waals surface area contributed by atoms with Gasteiger partial charge in [0.25, 0.3) is 5.91 Å². The average molecular weight is 386 g/mol. The van der Waals surface area contributed by atoms with Crippen molar-refractivity contribution in [3.63, 3.8) is 0 Å². The number of nitrogens with two attached hydrogens (primary N) is 1. The Morgan fingerprint density at radius 1 is 0.931 bits per heavy atom. The number of rotatable bonds is 7. The van der Waals surface area contributed by atoms with Gasteiger partial charge in [-0.25, -0.2) is 0 Å². The number of carbonyl (C=O) groups is 1. The molecule has 0 unspecified atom stereocenters. The molecule has 0 atom stereocenters. The van der Waals surface area contributed by atoms with Gasteiger partial charge in [0.1, 0.15) is 0 Å². The van der Waals surface area contributed by atoms with Crippen LogP contribution in [0.25, 0.3) is 11.1 Å². The maximum Gasteiger partial charge on any atom is 0.255 e. The van der Waals surface area contributed by atoms with Gasteiger partial charge in [-0.05, 0) is 66.3 Å². The number of hydrogen-bond acceptors (Lipinski definition) is 3. The highest BCUT2D eigenvalue weighted by atomic mass is 16.1. The van der Waals surface area contributed by atoms with E-state index in [-0.39, 0.29) is 5.91 Å². The van der Waals surface area contributed by atoms with Gasteiger partial charge in [0.05, 0.1) is 11.4 Å². The van der Waals surface area contributed by atoms with Gasteiger partial charge >= 0.3 is 0 Å². The molecule has 4 heteroatoms. The van der Waals surface area contributed by atoms with Crippen LogP contribution in [0.4, 0.5) is 11.4 Å². The van der Waals surface area contributed by atoms with Crippen LogP contribution in [-0.4, -0.2) is 12.5 Å². The summed E-state index contributed by atoms with van der Waals surface area (Å²) < 4.78 is 0. The van der Waals surface area contributed by atoms with Crippen LogP contribution in [0, 0.1) is 5.92 Å². The minimum absolute atomic E-state index is 0.157. The standard InChI is InChI=1S/C25H27N3O/c26-23-14-13-22(20-7-2-1-3-8-20)15-24(23)28-25(29)21-11-9-19(10-12-21)17-27-16-18-5-4-6-18/h1-3,7-15,18,27H,4-6,16-17,26H2,(H,28,29). The molecule has 4 rings (SSSR count). The summed E-state index contributed by atoms with van der Waals surface area (Å²) in [4.78, 5) is 12.7. The lowest BCUT2D eigenvalue weighted by Crippen LogP contribution is -2.26. The number of hydrogen-bond donors (Lipinski definition) is 3. The molecular formula is C25H27N3O. The lowest BCUT2D eigenvalue weighted by molar-refractivity contribution is 0.102. The molecule has 4 N–H and O–H groups in total. The number of nitrogens with one attached hydrogen (secondary N) is 2. The number of anilines is 2. The monoisotopic (exact) mass is 385 g/mol. The number of amides is 1. The normalized spacial score (nSPS) is 13.7. The van der Waals surface area contributed by atoms with Crippen LogP contribution < -0.4 is 16.4 Å². The van der Waals surface area contributed by atoms with Gasteiger partial charge in [0.2, 0.25) is 0 Å². The first-order chi connectivity index (χ1) is 14.2. The molecule has 1 aliphatic carbocycles. The average Bonchev–Trinajstić information content (AvgIpc) is 2.72. The van der Waals surface area contributed by atoms with Crippen LogP contribution >= 0.6 is 0 Å². The van der Waals surface area contributed by atoms with Gasteiger partial charge in [-0.1, -0.05) is 55.0 Å². The van der Waals surface area contributed by atoms with E-state index in [1.807, 2.05) is 72.8 Å². The van der Waals surface area contributed by atoms with Crippen LogP contribution in [-0.2, 0) is 6.54 Å². The van der Waals surface area contributed by atoms with E-state index in [1.54, 1.807) is 0 Å². The third kappa shape index (κ3) is 4.84. The van der Waals surface area contributed by atoms with Crippen molar-refractivity contribution in [1.82, 2.24) is 5.32 Å². The molecule has 0 saturated heterocycles. The number of benzene rings is 3. The third-order valence-corrected chi connectivity index (χ3v) is 5.61. The van der Waals surface area contributed by atoms with E-state index < -0.39 is 0 Å². The van der Waals surface area contributed by atoms with E-state index in [0.29, 0.717) is 16.9 Å². The van der Waals surface area contributed by atoms with Crippen molar-refractivity contribution in [3.05, 3.63) is 83.9 Å². The molecule has 0 aromatic heterocycles. The fourth-order valence-corrected chi connectivity index (χ4v) is 3.56. The molecule has 1 aliphatic rings. The highest BCUT2D eigenvalue weighted by Gasteiger charge is 2.16. The highest BCUT2D eigenvalue weighted by molar-refractivity contribution is 6.06. The second-order valence-electron chi connectivity index (χ2n) is 7.75. The summed E-state index contributed by atoms with van der Waals surface area (Å²) in [5, 5.41) is 6.45. The van der Waals surface area contributed by atoms with Crippen molar-refractivity contribution in [2.45, 2.75) is 25.8 Å². The van der Waals surface area contributed by atoms with Gasteiger partial charge in [-0.15, -0.1) is 0 Å². The van der Waals surface area contributed by atoms with Crippen molar-refractivity contribution in [3.8, 4) is 11.1 Å². The summed E-state index contributed by atoms with van der Waals surface area (Å²) in [5.41, 5.74) is 11.2. The van der Waals surface area contributed by atoms with E-state index in [9.17, 15) is 4.79 Å². The predicted octanol–water partition coefficient (Wildman–Crippen LogP) is 5.08. The van der Waals surface area contributed by atoms with Crippen LogP contribution in [0.1, 0.15) is 35.2 Å². The summed E-state index contributed by atoms with van der Waals surface area (Å²) in [5.74, 6) is 0.688. The van der Waals surface area contributed by atoms with Crippen molar-refractivity contribution in [2.24, 2.45) is 5.92 Å². The van der Waals surface area contributed by atoms with Crippen LogP contribution in [0.3, 0.4) is 0 Å². The SMILES string of the molecule is Nc1ccc(-c2ccccc2)cc1NC(=O)c1ccc(CNCC2CCC2)cc1. The fraction of sp³-hybridized carbons (Fsp3) is 0.240. The Kier molecular flexibility index (Phi) is 5.92. The van der Waals surface area contributed by atoms with Gasteiger partial charge in [0, 0.05) is 12.1 Å². The van der Waals surface area contributed by atoms with Gasteiger partial charge < -0.3 is 16.4 Å². The Bertz CT molecular complexity index is 963. The lowest BCUT2D eigenvalue weighted by Gasteiger charge is -2.25. The van der Waals surface area contributed by atoms with Gasteiger partial charge in [-0.2, -0.15) is 0 Å². The van der Waals surface area contributed by atoms with Gasteiger partial charge in [-0.3, -0.25) is 4.79 Å². The van der Waals surface area contributed by atoms with Crippen LogP contribution in [0.5, 0.6) is 0 Å². The first-order valence-electron chi connectivity index (χ1n) is 10.2. The molecule has 0 spiro atoms.